The molecule has 0 amide bonds. The van der Waals surface area contributed by atoms with Crippen molar-refractivity contribution in [1.82, 2.24) is 9.47 Å². The molecule has 1 aromatic heterocycles. The second-order valence-corrected chi connectivity index (χ2v) is 7.35. The number of aromatic nitrogens is 1. The van der Waals surface area contributed by atoms with Crippen molar-refractivity contribution < 1.29 is 5.11 Å². The molecule has 3 N–H and O–H groups in total. The SMILES string of the molecule is Cc1cc2c(N=NC(N)=S)c(O)n(CN3CCCCC3)c2cc1Br. The van der Waals surface area contributed by atoms with Gasteiger partial charge in [0.2, 0.25) is 11.0 Å². The lowest BCUT2D eigenvalue weighted by Gasteiger charge is -2.27. The Bertz CT molecular complexity index is 811. The molecule has 0 aliphatic carbocycles. The lowest BCUT2D eigenvalue weighted by molar-refractivity contribution is 0.178. The summed E-state index contributed by atoms with van der Waals surface area (Å²) in [6.45, 7) is 4.70. The maximum atomic E-state index is 10.7. The fourth-order valence-corrected chi connectivity index (χ4v) is 3.46. The number of aryl methyl sites for hydroxylation is 1. The minimum absolute atomic E-state index is 0.0554. The number of azo groups is 1. The molecule has 6 nitrogen and oxygen atoms in total. The molecule has 1 saturated heterocycles. The van der Waals surface area contributed by atoms with Crippen molar-refractivity contribution in [1.29, 1.82) is 0 Å². The Morgan fingerprint density at radius 3 is 2.71 bits per heavy atom. The topological polar surface area (TPSA) is 79.1 Å². The summed E-state index contributed by atoms with van der Waals surface area (Å²) in [5.41, 5.74) is 7.79. The van der Waals surface area contributed by atoms with Gasteiger partial charge in [0.1, 0.15) is 0 Å². The number of piperidine rings is 1. The molecule has 128 valence electrons. The molecule has 0 radical (unpaired) electrons. The predicted octanol–water partition coefficient (Wildman–Crippen LogP) is 4.19. The third-order valence-corrected chi connectivity index (χ3v) is 5.26. The minimum Gasteiger partial charge on any atom is -0.493 e. The van der Waals surface area contributed by atoms with Crippen LogP contribution in [0.2, 0.25) is 0 Å². The summed E-state index contributed by atoms with van der Waals surface area (Å²) >= 11 is 8.33. The Labute approximate surface area is 154 Å². The number of rotatable bonds is 3. The van der Waals surface area contributed by atoms with Crippen LogP contribution in [-0.4, -0.2) is 32.8 Å². The number of nitrogens with two attached hydrogens (primary N) is 1. The monoisotopic (exact) mass is 409 g/mol. The number of hydrogen-bond acceptors (Lipinski definition) is 4. The molecule has 1 aromatic carbocycles. The van der Waals surface area contributed by atoms with Gasteiger partial charge in [0, 0.05) is 9.86 Å². The van der Waals surface area contributed by atoms with E-state index in [-0.39, 0.29) is 11.0 Å². The first kappa shape index (κ1) is 17.3. The first-order chi connectivity index (χ1) is 11.5. The van der Waals surface area contributed by atoms with Gasteiger partial charge in [0.05, 0.1) is 12.2 Å². The van der Waals surface area contributed by atoms with Crippen LogP contribution in [-0.2, 0) is 6.67 Å². The van der Waals surface area contributed by atoms with Crippen molar-refractivity contribution >= 4 is 49.9 Å². The van der Waals surface area contributed by atoms with Gasteiger partial charge >= 0.3 is 0 Å². The number of benzene rings is 1. The number of nitrogens with zero attached hydrogens (tertiary/aromatic N) is 4. The molecule has 1 aliphatic rings. The van der Waals surface area contributed by atoms with Gasteiger partial charge in [-0.3, -0.25) is 9.47 Å². The van der Waals surface area contributed by atoms with Crippen LogP contribution in [0.1, 0.15) is 24.8 Å². The number of halogens is 1. The van der Waals surface area contributed by atoms with Gasteiger partial charge in [-0.25, -0.2) is 0 Å². The molecular formula is C16H20BrN5OS. The number of hydrogen-bond donors (Lipinski definition) is 2. The lowest BCUT2D eigenvalue weighted by atomic mass is 10.1. The Balaban J connectivity index is 2.10. The summed E-state index contributed by atoms with van der Waals surface area (Å²) in [6.07, 6.45) is 3.65. The van der Waals surface area contributed by atoms with Crippen LogP contribution in [0.4, 0.5) is 5.69 Å². The maximum absolute atomic E-state index is 10.7. The first-order valence-corrected chi connectivity index (χ1v) is 9.12. The Hall–Kier alpha value is -1.51. The summed E-state index contributed by atoms with van der Waals surface area (Å²) in [4.78, 5) is 2.34. The standard InChI is InChI=1S/C16H20BrN5OS/c1-10-7-11-13(8-12(10)17)22(9-21-5-3-2-4-6-21)15(23)14(11)19-20-16(18)24/h7-8,23H,2-6,9H2,1H3,(H2,18,24). The molecule has 8 heteroatoms. The van der Waals surface area contributed by atoms with Crippen molar-refractivity contribution in [3.05, 3.63) is 22.2 Å². The summed E-state index contributed by atoms with van der Waals surface area (Å²) in [5, 5.41) is 19.3. The normalized spacial score (nSPS) is 16.2. The number of likely N-dealkylation sites (tertiary alicyclic amines) is 1. The smallest absolute Gasteiger partial charge is 0.221 e. The van der Waals surface area contributed by atoms with Crippen molar-refractivity contribution in [2.24, 2.45) is 16.0 Å². The zero-order valence-electron chi connectivity index (χ0n) is 13.5. The highest BCUT2D eigenvalue weighted by atomic mass is 79.9. The molecule has 1 fully saturated rings. The van der Waals surface area contributed by atoms with Crippen LogP contribution in [0.15, 0.2) is 26.8 Å². The van der Waals surface area contributed by atoms with E-state index in [0.29, 0.717) is 12.4 Å². The average molecular weight is 410 g/mol. The van der Waals surface area contributed by atoms with Gasteiger partial charge in [-0.05, 0) is 62.8 Å². The molecule has 0 saturated carbocycles. The van der Waals surface area contributed by atoms with Gasteiger partial charge in [-0.1, -0.05) is 22.4 Å². The van der Waals surface area contributed by atoms with Crippen molar-refractivity contribution in [2.45, 2.75) is 32.9 Å². The third kappa shape index (κ3) is 3.45. The highest BCUT2D eigenvalue weighted by Gasteiger charge is 2.20. The van der Waals surface area contributed by atoms with Crippen LogP contribution in [0, 0.1) is 6.92 Å². The molecule has 0 atom stereocenters. The van der Waals surface area contributed by atoms with Crippen LogP contribution < -0.4 is 5.73 Å². The van der Waals surface area contributed by atoms with Crippen LogP contribution in [0.3, 0.4) is 0 Å². The minimum atomic E-state index is -0.0554. The fraction of sp³-hybridized carbons (Fsp3) is 0.438. The predicted molar refractivity (Wildman–Crippen MR) is 103 cm³/mol. The van der Waals surface area contributed by atoms with E-state index in [1.54, 1.807) is 0 Å². The number of fused-ring (bicyclic) bond motifs is 1. The average Bonchev–Trinajstić information content (AvgIpc) is 2.79. The molecule has 2 aromatic rings. The molecule has 0 spiro atoms. The van der Waals surface area contributed by atoms with E-state index < -0.39 is 0 Å². The molecular weight excluding hydrogens is 390 g/mol. The molecule has 2 heterocycles. The molecule has 1 aliphatic heterocycles. The van der Waals surface area contributed by atoms with E-state index in [0.717, 1.165) is 34.0 Å². The summed E-state index contributed by atoms with van der Waals surface area (Å²) < 4.78 is 2.86. The van der Waals surface area contributed by atoms with E-state index in [4.69, 9.17) is 18.0 Å². The van der Waals surface area contributed by atoms with E-state index in [9.17, 15) is 5.11 Å². The largest absolute Gasteiger partial charge is 0.493 e. The van der Waals surface area contributed by atoms with Crippen molar-refractivity contribution in [3.63, 3.8) is 0 Å². The second-order valence-electron chi connectivity index (χ2n) is 6.08. The van der Waals surface area contributed by atoms with E-state index >= 15 is 0 Å². The zero-order valence-corrected chi connectivity index (χ0v) is 15.9. The van der Waals surface area contributed by atoms with Crippen molar-refractivity contribution in [2.75, 3.05) is 13.1 Å². The van der Waals surface area contributed by atoms with Gasteiger partial charge in [-0.2, -0.15) is 0 Å². The fourth-order valence-electron chi connectivity index (χ4n) is 3.09. The zero-order chi connectivity index (χ0) is 17.3. The second kappa shape index (κ2) is 7.16. The molecule has 3 rings (SSSR count). The summed E-state index contributed by atoms with van der Waals surface area (Å²) in [6, 6.07) is 3.99. The molecule has 0 bridgehead atoms. The highest BCUT2D eigenvalue weighted by Crippen LogP contribution is 2.41. The van der Waals surface area contributed by atoms with Crippen LogP contribution in [0.25, 0.3) is 10.9 Å². The van der Waals surface area contributed by atoms with E-state index in [1.807, 2.05) is 23.6 Å². The number of thiocarbonyl (C=S) groups is 1. The van der Waals surface area contributed by atoms with Gasteiger partial charge in [0.25, 0.3) is 0 Å². The summed E-state index contributed by atoms with van der Waals surface area (Å²) in [7, 11) is 0. The lowest BCUT2D eigenvalue weighted by Crippen LogP contribution is -2.31. The maximum Gasteiger partial charge on any atom is 0.221 e. The van der Waals surface area contributed by atoms with Crippen molar-refractivity contribution in [3.8, 4) is 5.88 Å². The highest BCUT2D eigenvalue weighted by molar-refractivity contribution is 9.10. The summed E-state index contributed by atoms with van der Waals surface area (Å²) in [5.74, 6) is 0.0908. The van der Waals surface area contributed by atoms with Crippen LogP contribution >= 0.6 is 28.1 Å². The third-order valence-electron chi connectivity index (χ3n) is 4.33. The van der Waals surface area contributed by atoms with E-state index in [2.05, 4.69) is 31.1 Å². The Morgan fingerprint density at radius 1 is 1.33 bits per heavy atom. The Kier molecular flexibility index (Phi) is 5.17. The quantitative estimate of drug-likeness (QED) is 0.588. The molecule has 0 unspecified atom stereocenters. The first-order valence-electron chi connectivity index (χ1n) is 7.92. The molecule has 24 heavy (non-hydrogen) atoms. The van der Waals surface area contributed by atoms with Gasteiger partial charge < -0.3 is 10.8 Å². The number of aromatic hydroxyl groups is 1. The van der Waals surface area contributed by atoms with Crippen LogP contribution in [0.5, 0.6) is 5.88 Å². The van der Waals surface area contributed by atoms with Gasteiger partial charge in [0.15, 0.2) is 5.69 Å². The Morgan fingerprint density at radius 2 is 2.04 bits per heavy atom. The van der Waals surface area contributed by atoms with Gasteiger partial charge in [-0.15, -0.1) is 10.2 Å². The van der Waals surface area contributed by atoms with E-state index in [1.165, 1.54) is 19.3 Å².